The van der Waals surface area contributed by atoms with Gasteiger partial charge in [0, 0.05) is 12.7 Å². The molecule has 0 saturated carbocycles. The fourth-order valence-electron chi connectivity index (χ4n) is 2.50. The average molecular weight is 283 g/mol. The van der Waals surface area contributed by atoms with Crippen LogP contribution in [0.3, 0.4) is 0 Å². The minimum atomic E-state index is 0.502. The SMILES string of the molecule is CCOc1nc2ncnn2c2c1cnc1c2cnn1CC. The Labute approximate surface area is 119 Å². The molecule has 4 aromatic rings. The topological polar surface area (TPSA) is 83.0 Å². The molecule has 106 valence electrons. The van der Waals surface area contributed by atoms with Crippen LogP contribution in [-0.4, -0.2) is 41.0 Å². The normalized spacial score (nSPS) is 11.7. The predicted octanol–water partition coefficient (Wildman–Crippen LogP) is 1.44. The summed E-state index contributed by atoms with van der Waals surface area (Å²) in [5.74, 6) is 1.02. The van der Waals surface area contributed by atoms with Gasteiger partial charge < -0.3 is 4.74 Å². The number of hydrogen-bond donors (Lipinski definition) is 0. The Balaban J connectivity index is 2.22. The lowest BCUT2D eigenvalue weighted by Gasteiger charge is -2.08. The maximum atomic E-state index is 5.62. The van der Waals surface area contributed by atoms with Crippen LogP contribution in [0, 0.1) is 0 Å². The highest BCUT2D eigenvalue weighted by atomic mass is 16.5. The molecule has 0 aliphatic carbocycles. The van der Waals surface area contributed by atoms with Crippen LogP contribution in [-0.2, 0) is 6.54 Å². The number of rotatable bonds is 3. The number of nitrogens with zero attached hydrogens (tertiary/aromatic N) is 7. The summed E-state index contributed by atoms with van der Waals surface area (Å²) >= 11 is 0. The molecule has 4 heterocycles. The first-order valence-electron chi connectivity index (χ1n) is 6.80. The molecule has 0 amide bonds. The lowest BCUT2D eigenvalue weighted by Crippen LogP contribution is -2.02. The third-order valence-electron chi connectivity index (χ3n) is 3.39. The number of aromatic nitrogens is 7. The van der Waals surface area contributed by atoms with Crippen molar-refractivity contribution in [2.24, 2.45) is 0 Å². The van der Waals surface area contributed by atoms with Gasteiger partial charge in [-0.05, 0) is 13.8 Å². The van der Waals surface area contributed by atoms with Gasteiger partial charge in [0.25, 0.3) is 5.78 Å². The van der Waals surface area contributed by atoms with Crippen molar-refractivity contribution in [2.75, 3.05) is 6.61 Å². The van der Waals surface area contributed by atoms with Crippen LogP contribution in [0.2, 0.25) is 0 Å². The Kier molecular flexibility index (Phi) is 2.50. The van der Waals surface area contributed by atoms with Crippen LogP contribution in [0.1, 0.15) is 13.8 Å². The Morgan fingerprint density at radius 2 is 2.00 bits per heavy atom. The molecule has 0 fully saturated rings. The molecule has 0 atom stereocenters. The van der Waals surface area contributed by atoms with Crippen LogP contribution in [0.4, 0.5) is 0 Å². The molecule has 0 aliphatic heterocycles. The van der Waals surface area contributed by atoms with Crippen molar-refractivity contribution in [2.45, 2.75) is 20.4 Å². The van der Waals surface area contributed by atoms with Crippen molar-refractivity contribution in [3.63, 3.8) is 0 Å². The minimum absolute atomic E-state index is 0.502. The summed E-state index contributed by atoms with van der Waals surface area (Å²) in [5.41, 5.74) is 1.68. The second kappa shape index (κ2) is 4.37. The second-order valence-electron chi connectivity index (χ2n) is 4.54. The monoisotopic (exact) mass is 283 g/mol. The predicted molar refractivity (Wildman–Crippen MR) is 76.2 cm³/mol. The van der Waals surface area contributed by atoms with E-state index in [9.17, 15) is 0 Å². The van der Waals surface area contributed by atoms with Crippen molar-refractivity contribution < 1.29 is 4.74 Å². The zero-order chi connectivity index (χ0) is 14.4. The first-order valence-corrected chi connectivity index (χ1v) is 6.80. The molecule has 0 radical (unpaired) electrons. The smallest absolute Gasteiger partial charge is 0.256 e. The highest BCUT2D eigenvalue weighted by molar-refractivity contribution is 6.04. The highest BCUT2D eigenvalue weighted by Crippen LogP contribution is 2.29. The summed E-state index contributed by atoms with van der Waals surface area (Å²) in [6.07, 6.45) is 5.03. The van der Waals surface area contributed by atoms with Crippen LogP contribution < -0.4 is 4.74 Å². The molecule has 8 nitrogen and oxygen atoms in total. The van der Waals surface area contributed by atoms with E-state index < -0.39 is 0 Å². The van der Waals surface area contributed by atoms with E-state index in [4.69, 9.17) is 4.74 Å². The zero-order valence-electron chi connectivity index (χ0n) is 11.7. The molecule has 0 saturated heterocycles. The Morgan fingerprint density at radius 3 is 2.81 bits per heavy atom. The van der Waals surface area contributed by atoms with E-state index in [2.05, 4.69) is 25.1 Å². The number of aryl methyl sites for hydroxylation is 1. The van der Waals surface area contributed by atoms with Gasteiger partial charge in [-0.1, -0.05) is 0 Å². The fraction of sp³-hybridized carbons (Fsp3) is 0.308. The summed E-state index contributed by atoms with van der Waals surface area (Å²) in [4.78, 5) is 13.0. The summed E-state index contributed by atoms with van der Waals surface area (Å²) in [5, 5.41) is 10.3. The first kappa shape index (κ1) is 12.0. The Bertz CT molecular complexity index is 955. The number of pyridine rings is 1. The van der Waals surface area contributed by atoms with Gasteiger partial charge in [-0.2, -0.15) is 24.7 Å². The quantitative estimate of drug-likeness (QED) is 0.566. The van der Waals surface area contributed by atoms with E-state index >= 15 is 0 Å². The van der Waals surface area contributed by atoms with Gasteiger partial charge in [0.15, 0.2) is 5.65 Å². The van der Waals surface area contributed by atoms with Crippen molar-refractivity contribution in [1.29, 1.82) is 0 Å². The van der Waals surface area contributed by atoms with E-state index in [-0.39, 0.29) is 0 Å². The lowest BCUT2D eigenvalue weighted by atomic mass is 10.2. The van der Waals surface area contributed by atoms with Gasteiger partial charge in [0.2, 0.25) is 5.88 Å². The van der Waals surface area contributed by atoms with E-state index in [1.165, 1.54) is 6.33 Å². The molecule has 8 heteroatoms. The molecular formula is C13H13N7O. The van der Waals surface area contributed by atoms with E-state index in [1.807, 2.05) is 18.5 Å². The number of fused-ring (bicyclic) bond motifs is 5. The summed E-state index contributed by atoms with van der Waals surface area (Å²) in [6, 6.07) is 0. The summed E-state index contributed by atoms with van der Waals surface area (Å²) in [6.45, 7) is 5.23. The molecule has 0 unspecified atom stereocenters. The highest BCUT2D eigenvalue weighted by Gasteiger charge is 2.16. The molecule has 4 rings (SSSR count). The maximum Gasteiger partial charge on any atom is 0.256 e. The molecule has 0 bridgehead atoms. The lowest BCUT2D eigenvalue weighted by molar-refractivity contribution is 0.331. The van der Waals surface area contributed by atoms with Crippen molar-refractivity contribution in [1.82, 2.24) is 34.3 Å². The molecular weight excluding hydrogens is 270 g/mol. The van der Waals surface area contributed by atoms with Gasteiger partial charge in [-0.15, -0.1) is 0 Å². The van der Waals surface area contributed by atoms with Crippen LogP contribution >= 0.6 is 0 Å². The third-order valence-corrected chi connectivity index (χ3v) is 3.39. The molecule has 0 aromatic carbocycles. The standard InChI is InChI=1S/C13H13N7O/c1-3-19-11-8(6-16-19)10-9(5-14-11)12(21-4-2)18-13-15-7-17-20(10)13/h5-7H,3-4H2,1-2H3. The molecule has 21 heavy (non-hydrogen) atoms. The van der Waals surface area contributed by atoms with E-state index in [1.54, 1.807) is 16.9 Å². The molecule has 0 spiro atoms. The average Bonchev–Trinajstić information content (AvgIpc) is 3.12. The van der Waals surface area contributed by atoms with E-state index in [0.29, 0.717) is 18.3 Å². The Hall–Kier alpha value is -2.77. The van der Waals surface area contributed by atoms with Crippen molar-refractivity contribution in [3.8, 4) is 5.88 Å². The Morgan fingerprint density at radius 1 is 1.10 bits per heavy atom. The van der Waals surface area contributed by atoms with Gasteiger partial charge >= 0.3 is 0 Å². The van der Waals surface area contributed by atoms with Gasteiger partial charge in [0.05, 0.1) is 29.1 Å². The maximum absolute atomic E-state index is 5.62. The summed E-state index contributed by atoms with van der Waals surface area (Å²) in [7, 11) is 0. The van der Waals surface area contributed by atoms with Gasteiger partial charge in [-0.25, -0.2) is 9.67 Å². The van der Waals surface area contributed by atoms with Crippen molar-refractivity contribution in [3.05, 3.63) is 18.7 Å². The van der Waals surface area contributed by atoms with Crippen LogP contribution in [0.25, 0.3) is 27.7 Å². The molecule has 0 aliphatic rings. The number of hydrogen-bond acceptors (Lipinski definition) is 6. The third kappa shape index (κ3) is 1.58. The largest absolute Gasteiger partial charge is 0.477 e. The van der Waals surface area contributed by atoms with Gasteiger partial charge in [0.1, 0.15) is 6.33 Å². The second-order valence-corrected chi connectivity index (χ2v) is 4.54. The zero-order valence-corrected chi connectivity index (χ0v) is 11.7. The first-order chi connectivity index (χ1) is 10.3. The van der Waals surface area contributed by atoms with Gasteiger partial charge in [-0.3, -0.25) is 0 Å². The van der Waals surface area contributed by atoms with Crippen LogP contribution in [0.5, 0.6) is 5.88 Å². The van der Waals surface area contributed by atoms with E-state index in [0.717, 1.165) is 28.5 Å². The molecule has 4 aromatic heterocycles. The fourth-order valence-corrected chi connectivity index (χ4v) is 2.50. The van der Waals surface area contributed by atoms with Crippen molar-refractivity contribution >= 4 is 27.7 Å². The van der Waals surface area contributed by atoms with Crippen LogP contribution in [0.15, 0.2) is 18.7 Å². The molecule has 0 N–H and O–H groups in total. The number of ether oxygens (including phenoxy) is 1. The summed E-state index contributed by atoms with van der Waals surface area (Å²) < 4.78 is 9.16. The minimum Gasteiger partial charge on any atom is -0.477 e.